The molecule has 0 N–H and O–H groups in total. The lowest BCUT2D eigenvalue weighted by Crippen LogP contribution is -2.28. The summed E-state index contributed by atoms with van der Waals surface area (Å²) in [6.45, 7) is 4.47. The van der Waals surface area contributed by atoms with Crippen molar-refractivity contribution in [2.24, 2.45) is 0 Å². The van der Waals surface area contributed by atoms with Crippen LogP contribution >= 0.6 is 0 Å². The molecule has 0 aliphatic carbocycles. The minimum absolute atomic E-state index is 0.0580. The van der Waals surface area contributed by atoms with Gasteiger partial charge in [-0.3, -0.25) is 14.9 Å². The number of aromatic nitrogens is 1. The largest absolute Gasteiger partial charge is 0.469 e. The van der Waals surface area contributed by atoms with Crippen molar-refractivity contribution in [1.29, 1.82) is 0 Å². The first-order valence-corrected chi connectivity index (χ1v) is 5.93. The summed E-state index contributed by atoms with van der Waals surface area (Å²) in [7, 11) is 1.31. The number of pyridine rings is 1. The summed E-state index contributed by atoms with van der Waals surface area (Å²) >= 11 is 0. The summed E-state index contributed by atoms with van der Waals surface area (Å²) in [5.41, 5.74) is 0.634. The number of ether oxygens (including phenoxy) is 1. The SMILES string of the molecule is CCN(CCC(=O)OC)c1nc(C)ccc1[N+](=O)[O-]. The average molecular weight is 267 g/mol. The summed E-state index contributed by atoms with van der Waals surface area (Å²) in [6, 6.07) is 3.02. The third kappa shape index (κ3) is 3.90. The number of nitro groups is 1. The van der Waals surface area contributed by atoms with Gasteiger partial charge in [-0.15, -0.1) is 0 Å². The zero-order chi connectivity index (χ0) is 14.4. The molecular weight excluding hydrogens is 250 g/mol. The molecule has 0 saturated carbocycles. The maximum absolute atomic E-state index is 11.1. The summed E-state index contributed by atoms with van der Waals surface area (Å²) in [5, 5.41) is 11.0. The van der Waals surface area contributed by atoms with Crippen LogP contribution in [0.3, 0.4) is 0 Å². The smallest absolute Gasteiger partial charge is 0.311 e. The molecule has 0 fully saturated rings. The van der Waals surface area contributed by atoms with E-state index in [-0.39, 0.29) is 23.9 Å². The maximum atomic E-state index is 11.1. The minimum atomic E-state index is -0.470. The Hall–Kier alpha value is -2.18. The number of hydrogen-bond donors (Lipinski definition) is 0. The van der Waals surface area contributed by atoms with Gasteiger partial charge in [0, 0.05) is 24.8 Å². The Balaban J connectivity index is 2.99. The number of anilines is 1. The zero-order valence-electron chi connectivity index (χ0n) is 11.3. The fourth-order valence-electron chi connectivity index (χ4n) is 1.65. The van der Waals surface area contributed by atoms with E-state index in [0.717, 1.165) is 0 Å². The van der Waals surface area contributed by atoms with E-state index in [9.17, 15) is 14.9 Å². The second-order valence-electron chi connectivity index (χ2n) is 3.96. The molecule has 1 rings (SSSR count). The highest BCUT2D eigenvalue weighted by molar-refractivity contribution is 5.70. The maximum Gasteiger partial charge on any atom is 0.311 e. The summed E-state index contributed by atoms with van der Waals surface area (Å²) < 4.78 is 4.56. The van der Waals surface area contributed by atoms with Gasteiger partial charge in [0.15, 0.2) is 0 Å². The molecule has 0 aliphatic rings. The van der Waals surface area contributed by atoms with Crippen molar-refractivity contribution in [3.8, 4) is 0 Å². The number of methoxy groups -OCH3 is 1. The molecule has 0 aromatic carbocycles. The lowest BCUT2D eigenvalue weighted by molar-refractivity contribution is -0.384. The molecule has 0 bridgehead atoms. The van der Waals surface area contributed by atoms with Crippen LogP contribution in [0.2, 0.25) is 0 Å². The predicted molar refractivity (Wildman–Crippen MR) is 70.1 cm³/mol. The highest BCUT2D eigenvalue weighted by Crippen LogP contribution is 2.26. The van der Waals surface area contributed by atoms with E-state index in [4.69, 9.17) is 0 Å². The number of rotatable bonds is 6. The van der Waals surface area contributed by atoms with Gasteiger partial charge in [-0.25, -0.2) is 4.98 Å². The minimum Gasteiger partial charge on any atom is -0.469 e. The summed E-state index contributed by atoms with van der Waals surface area (Å²) in [6.07, 6.45) is 0.164. The molecule has 0 spiro atoms. The Bertz CT molecular complexity index is 476. The molecule has 1 heterocycles. The lowest BCUT2D eigenvalue weighted by Gasteiger charge is -2.21. The molecule has 0 aliphatic heterocycles. The van der Waals surface area contributed by atoms with E-state index < -0.39 is 4.92 Å². The summed E-state index contributed by atoms with van der Waals surface area (Å²) in [5.74, 6) is -0.0647. The number of nitrogens with zero attached hydrogens (tertiary/aromatic N) is 3. The van der Waals surface area contributed by atoms with Gasteiger partial charge in [-0.1, -0.05) is 0 Å². The number of hydrogen-bond acceptors (Lipinski definition) is 6. The van der Waals surface area contributed by atoms with Crippen LogP contribution < -0.4 is 4.90 Å². The van der Waals surface area contributed by atoms with Crippen LogP contribution in [0.25, 0.3) is 0 Å². The van der Waals surface area contributed by atoms with Gasteiger partial charge in [0.1, 0.15) is 0 Å². The Kier molecular flexibility index (Phi) is 5.23. The van der Waals surface area contributed by atoms with E-state index in [1.807, 2.05) is 6.92 Å². The fraction of sp³-hybridized carbons (Fsp3) is 0.500. The van der Waals surface area contributed by atoms with Crippen molar-refractivity contribution in [2.75, 3.05) is 25.1 Å². The van der Waals surface area contributed by atoms with Gasteiger partial charge < -0.3 is 9.64 Å². The number of carbonyl (C=O) groups is 1. The molecule has 19 heavy (non-hydrogen) atoms. The molecule has 0 radical (unpaired) electrons. The third-order valence-electron chi connectivity index (χ3n) is 2.69. The first-order chi connectivity index (χ1) is 8.99. The van der Waals surface area contributed by atoms with Crippen molar-refractivity contribution in [3.63, 3.8) is 0 Å². The first kappa shape index (κ1) is 14.9. The van der Waals surface area contributed by atoms with Gasteiger partial charge >= 0.3 is 11.7 Å². The van der Waals surface area contributed by atoms with Crippen LogP contribution in [-0.2, 0) is 9.53 Å². The van der Waals surface area contributed by atoms with E-state index in [2.05, 4.69) is 9.72 Å². The standard InChI is InChI=1S/C12H17N3O4/c1-4-14(8-7-11(16)19-3)12-10(15(17)18)6-5-9(2)13-12/h5-6H,4,7-8H2,1-3H3. The topological polar surface area (TPSA) is 85.6 Å². The highest BCUT2D eigenvalue weighted by Gasteiger charge is 2.21. The van der Waals surface area contributed by atoms with Crippen LogP contribution in [0, 0.1) is 17.0 Å². The molecule has 1 aromatic rings. The monoisotopic (exact) mass is 267 g/mol. The lowest BCUT2D eigenvalue weighted by atomic mass is 10.3. The van der Waals surface area contributed by atoms with Crippen molar-refractivity contribution in [2.45, 2.75) is 20.3 Å². The highest BCUT2D eigenvalue weighted by atomic mass is 16.6. The molecular formula is C12H17N3O4. The summed E-state index contributed by atoms with van der Waals surface area (Å²) in [4.78, 5) is 27.6. The third-order valence-corrected chi connectivity index (χ3v) is 2.69. The normalized spacial score (nSPS) is 10.1. The quantitative estimate of drug-likeness (QED) is 0.443. The Labute approximate surface area is 111 Å². The van der Waals surface area contributed by atoms with Crippen molar-refractivity contribution in [3.05, 3.63) is 27.9 Å². The van der Waals surface area contributed by atoms with Crippen LogP contribution in [0.1, 0.15) is 19.0 Å². The Morgan fingerprint density at radius 2 is 2.21 bits per heavy atom. The Morgan fingerprint density at radius 1 is 1.53 bits per heavy atom. The molecule has 0 saturated heterocycles. The van der Waals surface area contributed by atoms with E-state index in [0.29, 0.717) is 18.8 Å². The fourth-order valence-corrected chi connectivity index (χ4v) is 1.65. The predicted octanol–water partition coefficient (Wildman–Crippen LogP) is 1.69. The second kappa shape index (κ2) is 6.67. The van der Waals surface area contributed by atoms with Crippen LogP contribution in [0.15, 0.2) is 12.1 Å². The second-order valence-corrected chi connectivity index (χ2v) is 3.96. The molecule has 1 aromatic heterocycles. The van der Waals surface area contributed by atoms with Crippen molar-refractivity contribution >= 4 is 17.5 Å². The van der Waals surface area contributed by atoms with Gasteiger partial charge in [0.2, 0.25) is 5.82 Å². The van der Waals surface area contributed by atoms with Gasteiger partial charge in [0.05, 0.1) is 18.5 Å². The molecule has 7 heteroatoms. The van der Waals surface area contributed by atoms with Crippen LogP contribution in [-0.4, -0.2) is 36.1 Å². The van der Waals surface area contributed by atoms with Crippen molar-refractivity contribution in [1.82, 2.24) is 4.98 Å². The number of esters is 1. The van der Waals surface area contributed by atoms with E-state index >= 15 is 0 Å². The number of carbonyl (C=O) groups excluding carboxylic acids is 1. The van der Waals surface area contributed by atoms with Crippen LogP contribution in [0.5, 0.6) is 0 Å². The van der Waals surface area contributed by atoms with Gasteiger partial charge in [-0.05, 0) is 19.9 Å². The molecule has 7 nitrogen and oxygen atoms in total. The van der Waals surface area contributed by atoms with E-state index in [1.54, 1.807) is 17.9 Å². The Morgan fingerprint density at radius 3 is 2.74 bits per heavy atom. The van der Waals surface area contributed by atoms with Crippen LogP contribution in [0.4, 0.5) is 11.5 Å². The van der Waals surface area contributed by atoms with Gasteiger partial charge in [-0.2, -0.15) is 0 Å². The average Bonchev–Trinajstić information content (AvgIpc) is 2.38. The van der Waals surface area contributed by atoms with E-state index in [1.165, 1.54) is 13.2 Å². The van der Waals surface area contributed by atoms with Gasteiger partial charge in [0.25, 0.3) is 0 Å². The number of aryl methyl sites for hydroxylation is 1. The molecule has 104 valence electrons. The molecule has 0 unspecified atom stereocenters. The molecule has 0 atom stereocenters. The zero-order valence-corrected chi connectivity index (χ0v) is 11.3. The first-order valence-electron chi connectivity index (χ1n) is 5.93. The van der Waals surface area contributed by atoms with Crippen molar-refractivity contribution < 1.29 is 14.5 Å². The molecule has 0 amide bonds.